The SMILES string of the molecule is CCCN(c1cccc(-c2ccnc3c([N+](=O)[O-])cnn23)c1)S(=O)(=O)CC. The molecule has 0 amide bonds. The van der Waals surface area contributed by atoms with Crippen LogP contribution >= 0.6 is 0 Å². The van der Waals surface area contributed by atoms with Gasteiger partial charge in [-0.1, -0.05) is 19.1 Å². The number of aromatic nitrogens is 3. The minimum absolute atomic E-state index is 0.00206. The van der Waals surface area contributed by atoms with Gasteiger partial charge in [0, 0.05) is 18.3 Å². The normalized spacial score (nSPS) is 11.6. The quantitative estimate of drug-likeness (QED) is 0.454. The summed E-state index contributed by atoms with van der Waals surface area (Å²) in [5.41, 5.74) is 1.76. The molecular formula is C17H19N5O4S. The van der Waals surface area contributed by atoms with E-state index in [2.05, 4.69) is 10.1 Å². The molecule has 10 heteroatoms. The highest BCUT2D eigenvalue weighted by atomic mass is 32.2. The lowest BCUT2D eigenvalue weighted by molar-refractivity contribution is -0.383. The Morgan fingerprint density at radius 2 is 2.04 bits per heavy atom. The molecule has 2 aromatic heterocycles. The van der Waals surface area contributed by atoms with Gasteiger partial charge in [0.2, 0.25) is 15.7 Å². The van der Waals surface area contributed by atoms with Crippen molar-refractivity contribution in [3.05, 3.63) is 52.8 Å². The van der Waals surface area contributed by atoms with Gasteiger partial charge in [0.25, 0.3) is 0 Å². The van der Waals surface area contributed by atoms with Crippen molar-refractivity contribution in [3.63, 3.8) is 0 Å². The van der Waals surface area contributed by atoms with Crippen molar-refractivity contribution in [1.82, 2.24) is 14.6 Å². The third kappa shape index (κ3) is 3.47. The molecule has 0 unspecified atom stereocenters. The molecule has 3 aromatic rings. The predicted molar refractivity (Wildman–Crippen MR) is 102 cm³/mol. The number of nitrogens with zero attached hydrogens (tertiary/aromatic N) is 5. The Labute approximate surface area is 156 Å². The maximum Gasteiger partial charge on any atom is 0.333 e. The van der Waals surface area contributed by atoms with E-state index in [4.69, 9.17) is 0 Å². The molecule has 9 nitrogen and oxygen atoms in total. The van der Waals surface area contributed by atoms with Crippen LogP contribution in [0.4, 0.5) is 11.4 Å². The Bertz CT molecular complexity index is 1090. The standard InChI is InChI=1S/C17H19N5O4S/c1-3-10-20(27(25,26)4-2)14-7-5-6-13(11-14)15-8-9-18-17-16(22(23)24)12-19-21(15)17/h5-9,11-12H,3-4,10H2,1-2H3. The minimum atomic E-state index is -3.41. The molecule has 0 saturated heterocycles. The van der Waals surface area contributed by atoms with Crippen LogP contribution in [0.15, 0.2) is 42.7 Å². The second kappa shape index (κ2) is 7.31. The molecule has 0 bridgehead atoms. The van der Waals surface area contributed by atoms with Gasteiger partial charge < -0.3 is 0 Å². The first-order chi connectivity index (χ1) is 12.9. The molecule has 0 aliphatic heterocycles. The van der Waals surface area contributed by atoms with Gasteiger partial charge in [-0.05, 0) is 31.5 Å². The Morgan fingerprint density at radius 1 is 1.26 bits per heavy atom. The average molecular weight is 389 g/mol. The Kier molecular flexibility index (Phi) is 5.08. The number of fused-ring (bicyclic) bond motifs is 1. The summed E-state index contributed by atoms with van der Waals surface area (Å²) in [5.74, 6) is 0.00206. The van der Waals surface area contributed by atoms with Gasteiger partial charge in [-0.15, -0.1) is 0 Å². The van der Waals surface area contributed by atoms with E-state index in [0.717, 1.165) is 6.20 Å². The maximum absolute atomic E-state index is 12.5. The summed E-state index contributed by atoms with van der Waals surface area (Å²) in [7, 11) is -3.41. The van der Waals surface area contributed by atoms with Crippen LogP contribution in [0.3, 0.4) is 0 Å². The van der Waals surface area contributed by atoms with Crippen LogP contribution in [0, 0.1) is 10.1 Å². The monoisotopic (exact) mass is 389 g/mol. The summed E-state index contributed by atoms with van der Waals surface area (Å²) in [4.78, 5) is 14.6. The van der Waals surface area contributed by atoms with E-state index in [0.29, 0.717) is 29.9 Å². The first kappa shape index (κ1) is 18.8. The Morgan fingerprint density at radius 3 is 2.70 bits per heavy atom. The third-order valence-corrected chi connectivity index (χ3v) is 5.93. The van der Waals surface area contributed by atoms with Crippen molar-refractivity contribution in [2.75, 3.05) is 16.6 Å². The summed E-state index contributed by atoms with van der Waals surface area (Å²) >= 11 is 0. The van der Waals surface area contributed by atoms with E-state index < -0.39 is 14.9 Å². The number of nitro groups is 1. The highest BCUT2D eigenvalue weighted by Crippen LogP contribution is 2.28. The minimum Gasteiger partial charge on any atom is -0.270 e. The van der Waals surface area contributed by atoms with E-state index >= 15 is 0 Å². The first-order valence-corrected chi connectivity index (χ1v) is 10.1. The summed E-state index contributed by atoms with van der Waals surface area (Å²) in [6, 6.07) is 8.71. The van der Waals surface area contributed by atoms with E-state index in [1.54, 1.807) is 37.3 Å². The molecule has 142 valence electrons. The van der Waals surface area contributed by atoms with Crippen LogP contribution in [-0.4, -0.2) is 40.2 Å². The molecule has 0 saturated carbocycles. The van der Waals surface area contributed by atoms with Gasteiger partial charge in [0.15, 0.2) is 0 Å². The zero-order chi connectivity index (χ0) is 19.6. The summed E-state index contributed by atoms with van der Waals surface area (Å²) in [6.07, 6.45) is 3.30. The molecule has 0 aliphatic rings. The summed E-state index contributed by atoms with van der Waals surface area (Å²) in [5, 5.41) is 15.2. The zero-order valence-electron chi connectivity index (χ0n) is 14.9. The van der Waals surface area contributed by atoms with E-state index in [9.17, 15) is 18.5 Å². The number of benzene rings is 1. The third-order valence-electron chi connectivity index (χ3n) is 4.14. The van der Waals surface area contributed by atoms with E-state index in [-0.39, 0.29) is 17.1 Å². The molecule has 3 rings (SSSR count). The van der Waals surface area contributed by atoms with Crippen molar-refractivity contribution < 1.29 is 13.3 Å². The van der Waals surface area contributed by atoms with Gasteiger partial charge in [-0.2, -0.15) is 5.10 Å². The number of sulfonamides is 1. The fourth-order valence-corrected chi connectivity index (χ4v) is 4.04. The highest BCUT2D eigenvalue weighted by molar-refractivity contribution is 7.92. The number of anilines is 1. The molecule has 1 aromatic carbocycles. The van der Waals surface area contributed by atoms with Crippen LogP contribution < -0.4 is 4.31 Å². The lowest BCUT2D eigenvalue weighted by Crippen LogP contribution is -2.33. The van der Waals surface area contributed by atoms with Crippen LogP contribution in [0.5, 0.6) is 0 Å². The van der Waals surface area contributed by atoms with E-state index in [1.165, 1.54) is 15.0 Å². The molecule has 0 fully saturated rings. The number of hydrogen-bond donors (Lipinski definition) is 0. The topological polar surface area (TPSA) is 111 Å². The molecule has 0 aliphatic carbocycles. The van der Waals surface area contributed by atoms with Crippen molar-refractivity contribution in [2.45, 2.75) is 20.3 Å². The summed E-state index contributed by atoms with van der Waals surface area (Å²) < 4.78 is 27.7. The lowest BCUT2D eigenvalue weighted by Gasteiger charge is -2.23. The van der Waals surface area contributed by atoms with Crippen LogP contribution in [0.1, 0.15) is 20.3 Å². The summed E-state index contributed by atoms with van der Waals surface area (Å²) in [6.45, 7) is 3.90. The van der Waals surface area contributed by atoms with Crippen molar-refractivity contribution in [2.24, 2.45) is 0 Å². The number of hydrogen-bond acceptors (Lipinski definition) is 6. The molecule has 0 radical (unpaired) electrons. The smallest absolute Gasteiger partial charge is 0.270 e. The van der Waals surface area contributed by atoms with Gasteiger partial charge in [0.1, 0.15) is 6.20 Å². The molecule has 2 heterocycles. The van der Waals surface area contributed by atoms with Crippen molar-refractivity contribution in [1.29, 1.82) is 0 Å². The molecular weight excluding hydrogens is 370 g/mol. The Balaban J connectivity index is 2.14. The first-order valence-electron chi connectivity index (χ1n) is 8.47. The van der Waals surface area contributed by atoms with Gasteiger partial charge in [-0.25, -0.2) is 17.9 Å². The van der Waals surface area contributed by atoms with Gasteiger partial charge >= 0.3 is 5.69 Å². The second-order valence-corrected chi connectivity index (χ2v) is 8.06. The Hall–Kier alpha value is -3.01. The maximum atomic E-state index is 12.5. The van der Waals surface area contributed by atoms with Crippen molar-refractivity contribution in [3.8, 4) is 11.3 Å². The zero-order valence-corrected chi connectivity index (χ0v) is 15.8. The molecule has 0 atom stereocenters. The van der Waals surface area contributed by atoms with Crippen LogP contribution in [-0.2, 0) is 10.0 Å². The second-order valence-electron chi connectivity index (χ2n) is 5.88. The van der Waals surface area contributed by atoms with Crippen molar-refractivity contribution >= 4 is 27.0 Å². The van der Waals surface area contributed by atoms with Gasteiger partial charge in [0.05, 0.1) is 22.1 Å². The van der Waals surface area contributed by atoms with Gasteiger partial charge in [-0.3, -0.25) is 14.4 Å². The molecule has 0 spiro atoms. The fourth-order valence-electron chi connectivity index (χ4n) is 2.83. The molecule has 27 heavy (non-hydrogen) atoms. The average Bonchev–Trinajstić information content (AvgIpc) is 3.10. The predicted octanol–water partition coefficient (Wildman–Crippen LogP) is 2.87. The highest BCUT2D eigenvalue weighted by Gasteiger charge is 2.21. The number of rotatable bonds is 7. The van der Waals surface area contributed by atoms with Crippen LogP contribution in [0.2, 0.25) is 0 Å². The van der Waals surface area contributed by atoms with E-state index in [1.807, 2.05) is 6.92 Å². The molecule has 0 N–H and O–H groups in total. The van der Waals surface area contributed by atoms with Crippen LogP contribution in [0.25, 0.3) is 16.9 Å². The fraction of sp³-hybridized carbons (Fsp3) is 0.294. The lowest BCUT2D eigenvalue weighted by atomic mass is 10.1. The largest absolute Gasteiger partial charge is 0.333 e.